The normalized spacial score (nSPS) is 11.7. The molecular weight excluding hydrogens is 202 g/mol. The third-order valence-electron chi connectivity index (χ3n) is 2.51. The van der Waals surface area contributed by atoms with Gasteiger partial charge in [-0.15, -0.1) is 0 Å². The molecule has 1 N–H and O–H groups in total. The average Bonchev–Trinajstić information content (AvgIpc) is 2.28. The Bertz CT molecular complexity index is 288. The molecule has 0 radical (unpaired) electrons. The van der Waals surface area contributed by atoms with Gasteiger partial charge in [-0.3, -0.25) is 9.97 Å². The van der Waals surface area contributed by atoms with Crippen LogP contribution >= 0.6 is 0 Å². The summed E-state index contributed by atoms with van der Waals surface area (Å²) in [5.74, 6) is 0. The summed E-state index contributed by atoms with van der Waals surface area (Å²) in [5, 5.41) is 3.39. The lowest BCUT2D eigenvalue weighted by atomic mass is 9.90. The van der Waals surface area contributed by atoms with Gasteiger partial charge in [0.2, 0.25) is 0 Å². The smallest absolute Gasteiger partial charge is 0.0724 e. The van der Waals surface area contributed by atoms with Gasteiger partial charge in [-0.05, 0) is 11.8 Å². The molecule has 0 aromatic carbocycles. The number of hydrogen-bond acceptors (Lipinski definition) is 4. The van der Waals surface area contributed by atoms with Gasteiger partial charge in [-0.2, -0.15) is 0 Å². The number of rotatable bonds is 7. The highest BCUT2D eigenvalue weighted by molar-refractivity contribution is 4.93. The van der Waals surface area contributed by atoms with Crippen molar-refractivity contribution in [3.8, 4) is 0 Å². The van der Waals surface area contributed by atoms with Crippen LogP contribution in [-0.2, 0) is 11.3 Å². The van der Waals surface area contributed by atoms with Gasteiger partial charge in [0.25, 0.3) is 0 Å². The van der Waals surface area contributed by atoms with Gasteiger partial charge in [-0.25, -0.2) is 0 Å². The standard InChI is InChI=1S/C12H21N3O/c1-12(2,4-7-16-3)10-14-9-11-8-13-5-6-15-11/h5-6,8,14H,4,7,9-10H2,1-3H3. The van der Waals surface area contributed by atoms with Crippen molar-refractivity contribution in [1.29, 1.82) is 0 Å². The second-order valence-corrected chi connectivity index (χ2v) is 4.71. The Morgan fingerprint density at radius 1 is 1.38 bits per heavy atom. The van der Waals surface area contributed by atoms with E-state index in [1.54, 1.807) is 25.7 Å². The zero-order valence-corrected chi connectivity index (χ0v) is 10.4. The van der Waals surface area contributed by atoms with Crippen LogP contribution in [0.1, 0.15) is 26.0 Å². The van der Waals surface area contributed by atoms with Crippen molar-refractivity contribution in [3.63, 3.8) is 0 Å². The average molecular weight is 223 g/mol. The molecule has 0 aliphatic rings. The maximum absolute atomic E-state index is 5.09. The molecule has 16 heavy (non-hydrogen) atoms. The van der Waals surface area contributed by atoms with E-state index in [1.165, 1.54) is 0 Å². The Balaban J connectivity index is 2.24. The van der Waals surface area contributed by atoms with Crippen LogP contribution in [0.15, 0.2) is 18.6 Å². The first-order valence-corrected chi connectivity index (χ1v) is 5.58. The molecule has 0 aliphatic carbocycles. The summed E-state index contributed by atoms with van der Waals surface area (Å²) >= 11 is 0. The van der Waals surface area contributed by atoms with Crippen molar-refractivity contribution in [1.82, 2.24) is 15.3 Å². The molecule has 1 heterocycles. The van der Waals surface area contributed by atoms with Crippen LogP contribution in [0.25, 0.3) is 0 Å². The van der Waals surface area contributed by atoms with E-state index in [0.29, 0.717) is 0 Å². The maximum atomic E-state index is 5.09. The highest BCUT2D eigenvalue weighted by Crippen LogP contribution is 2.18. The topological polar surface area (TPSA) is 47.0 Å². The monoisotopic (exact) mass is 223 g/mol. The summed E-state index contributed by atoms with van der Waals surface area (Å²) in [6.07, 6.45) is 6.24. The zero-order valence-electron chi connectivity index (χ0n) is 10.4. The Kier molecular flexibility index (Phi) is 5.35. The minimum atomic E-state index is 0.248. The van der Waals surface area contributed by atoms with E-state index in [9.17, 15) is 0 Å². The maximum Gasteiger partial charge on any atom is 0.0724 e. The molecule has 0 atom stereocenters. The van der Waals surface area contributed by atoms with Crippen molar-refractivity contribution in [3.05, 3.63) is 24.3 Å². The minimum absolute atomic E-state index is 0.248. The molecule has 4 nitrogen and oxygen atoms in total. The number of nitrogens with zero attached hydrogens (tertiary/aromatic N) is 2. The minimum Gasteiger partial charge on any atom is -0.385 e. The Labute approximate surface area is 97.5 Å². The Morgan fingerprint density at radius 2 is 2.19 bits per heavy atom. The van der Waals surface area contributed by atoms with E-state index in [2.05, 4.69) is 29.1 Å². The Morgan fingerprint density at radius 3 is 2.81 bits per heavy atom. The summed E-state index contributed by atoms with van der Waals surface area (Å²) in [6, 6.07) is 0. The first-order valence-electron chi connectivity index (χ1n) is 5.58. The van der Waals surface area contributed by atoms with Gasteiger partial charge in [-0.1, -0.05) is 13.8 Å². The summed E-state index contributed by atoms with van der Waals surface area (Å²) in [4.78, 5) is 8.24. The molecule has 0 fully saturated rings. The fourth-order valence-electron chi connectivity index (χ4n) is 1.42. The van der Waals surface area contributed by atoms with E-state index in [0.717, 1.165) is 31.8 Å². The van der Waals surface area contributed by atoms with Crippen LogP contribution in [0.5, 0.6) is 0 Å². The SMILES string of the molecule is COCCC(C)(C)CNCc1cnccn1. The number of aromatic nitrogens is 2. The van der Waals surface area contributed by atoms with Crippen LogP contribution in [0.4, 0.5) is 0 Å². The van der Waals surface area contributed by atoms with E-state index in [4.69, 9.17) is 4.74 Å². The van der Waals surface area contributed by atoms with Gasteiger partial charge < -0.3 is 10.1 Å². The lowest BCUT2D eigenvalue weighted by molar-refractivity contribution is 0.150. The van der Waals surface area contributed by atoms with Crippen LogP contribution in [0.2, 0.25) is 0 Å². The van der Waals surface area contributed by atoms with Gasteiger partial charge >= 0.3 is 0 Å². The predicted octanol–water partition coefficient (Wildman–Crippen LogP) is 1.63. The summed E-state index contributed by atoms with van der Waals surface area (Å²) in [6.45, 7) is 6.99. The molecule has 1 aromatic heterocycles. The molecule has 0 saturated carbocycles. The molecule has 4 heteroatoms. The molecule has 0 aliphatic heterocycles. The number of hydrogen-bond donors (Lipinski definition) is 1. The summed E-state index contributed by atoms with van der Waals surface area (Å²) < 4.78 is 5.09. The predicted molar refractivity (Wildman–Crippen MR) is 64.0 cm³/mol. The molecule has 0 bridgehead atoms. The van der Waals surface area contributed by atoms with Gasteiger partial charge in [0.05, 0.1) is 5.69 Å². The molecule has 1 rings (SSSR count). The number of ether oxygens (including phenoxy) is 1. The molecule has 0 unspecified atom stereocenters. The molecule has 90 valence electrons. The second-order valence-electron chi connectivity index (χ2n) is 4.71. The quantitative estimate of drug-likeness (QED) is 0.763. The molecule has 0 spiro atoms. The van der Waals surface area contributed by atoms with Crippen molar-refractivity contribution in [2.75, 3.05) is 20.3 Å². The lowest BCUT2D eigenvalue weighted by Crippen LogP contribution is -2.30. The van der Waals surface area contributed by atoms with Crippen molar-refractivity contribution >= 4 is 0 Å². The lowest BCUT2D eigenvalue weighted by Gasteiger charge is -2.24. The fraction of sp³-hybridized carbons (Fsp3) is 0.667. The van der Waals surface area contributed by atoms with Crippen LogP contribution in [0.3, 0.4) is 0 Å². The van der Waals surface area contributed by atoms with Crippen LogP contribution in [0, 0.1) is 5.41 Å². The van der Waals surface area contributed by atoms with E-state index >= 15 is 0 Å². The van der Waals surface area contributed by atoms with Crippen molar-refractivity contribution in [2.24, 2.45) is 5.41 Å². The molecular formula is C12H21N3O. The van der Waals surface area contributed by atoms with Gasteiger partial charge in [0.1, 0.15) is 0 Å². The molecule has 0 amide bonds. The highest BCUT2D eigenvalue weighted by atomic mass is 16.5. The summed E-state index contributed by atoms with van der Waals surface area (Å²) in [7, 11) is 1.74. The number of methoxy groups -OCH3 is 1. The van der Waals surface area contributed by atoms with E-state index < -0.39 is 0 Å². The fourth-order valence-corrected chi connectivity index (χ4v) is 1.42. The largest absolute Gasteiger partial charge is 0.385 e. The van der Waals surface area contributed by atoms with Crippen LogP contribution in [-0.4, -0.2) is 30.2 Å². The van der Waals surface area contributed by atoms with Gasteiger partial charge in [0.15, 0.2) is 0 Å². The summed E-state index contributed by atoms with van der Waals surface area (Å²) in [5.41, 5.74) is 1.23. The third-order valence-corrected chi connectivity index (χ3v) is 2.51. The van der Waals surface area contributed by atoms with Crippen LogP contribution < -0.4 is 5.32 Å². The zero-order chi connectivity index (χ0) is 11.9. The Hall–Kier alpha value is -1.00. The first-order chi connectivity index (χ1) is 7.64. The first kappa shape index (κ1) is 13.1. The number of nitrogens with one attached hydrogen (secondary N) is 1. The molecule has 1 aromatic rings. The third kappa shape index (κ3) is 5.19. The van der Waals surface area contributed by atoms with E-state index in [1.807, 2.05) is 0 Å². The molecule has 0 saturated heterocycles. The van der Waals surface area contributed by atoms with Gasteiger partial charge in [0, 0.05) is 45.4 Å². The van der Waals surface area contributed by atoms with E-state index in [-0.39, 0.29) is 5.41 Å². The van der Waals surface area contributed by atoms with Crippen molar-refractivity contribution < 1.29 is 4.74 Å². The highest BCUT2D eigenvalue weighted by Gasteiger charge is 2.16. The second kappa shape index (κ2) is 6.55. The van der Waals surface area contributed by atoms with Crippen molar-refractivity contribution in [2.45, 2.75) is 26.8 Å².